The molecule has 0 bridgehead atoms. The molecule has 2 saturated heterocycles. The molecular weight excluding hydrogens is 438 g/mol. The average molecular weight is 472 g/mol. The molecule has 0 N–H and O–H groups in total. The minimum Gasteiger partial charge on any atom is -0.497 e. The highest BCUT2D eigenvalue weighted by atomic mass is 35.5. The van der Waals surface area contributed by atoms with Crippen LogP contribution < -0.4 is 9.64 Å². The van der Waals surface area contributed by atoms with Crippen LogP contribution >= 0.6 is 12.4 Å². The van der Waals surface area contributed by atoms with Gasteiger partial charge in [0.05, 0.1) is 7.11 Å². The molecule has 3 aliphatic rings. The number of ether oxygens (including phenoxy) is 1. The van der Waals surface area contributed by atoms with Gasteiger partial charge >= 0.3 is 0 Å². The van der Waals surface area contributed by atoms with Crippen LogP contribution in [0.2, 0.25) is 0 Å². The molecule has 2 heterocycles. The molecule has 0 unspecified atom stereocenters. The second-order valence-electron chi connectivity index (χ2n) is 9.69. The van der Waals surface area contributed by atoms with Gasteiger partial charge in [-0.05, 0) is 41.8 Å². The number of hydrogen-bond donors (Lipinski definition) is 0. The maximum atomic E-state index is 12.7. The van der Waals surface area contributed by atoms with Gasteiger partial charge in [-0.15, -0.1) is 12.4 Å². The number of anilines is 1. The van der Waals surface area contributed by atoms with Crippen molar-refractivity contribution in [3.05, 3.63) is 36.4 Å². The Hall–Kier alpha value is -2.31. The molecule has 1 aliphatic carbocycles. The molecular formula is C26H34ClN3O3. The number of carbonyl (C=O) groups excluding carboxylic acids is 2. The molecule has 2 amide bonds. The van der Waals surface area contributed by atoms with Gasteiger partial charge < -0.3 is 9.64 Å². The van der Waals surface area contributed by atoms with Crippen LogP contribution in [0.5, 0.6) is 5.75 Å². The molecule has 0 atom stereocenters. The van der Waals surface area contributed by atoms with Gasteiger partial charge in [-0.25, -0.2) is 0 Å². The zero-order valence-electron chi connectivity index (χ0n) is 19.4. The zero-order valence-corrected chi connectivity index (χ0v) is 20.2. The number of benzene rings is 2. The monoisotopic (exact) mass is 471 g/mol. The van der Waals surface area contributed by atoms with Gasteiger partial charge in [0.15, 0.2) is 0 Å². The van der Waals surface area contributed by atoms with Crippen LogP contribution in [-0.2, 0) is 9.59 Å². The van der Waals surface area contributed by atoms with E-state index in [0.717, 1.165) is 64.2 Å². The zero-order chi connectivity index (χ0) is 22.1. The van der Waals surface area contributed by atoms with E-state index in [9.17, 15) is 9.59 Å². The third-order valence-electron chi connectivity index (χ3n) is 7.74. The number of hydrogen-bond acceptors (Lipinski definition) is 5. The van der Waals surface area contributed by atoms with Crippen LogP contribution in [0.15, 0.2) is 36.4 Å². The summed E-state index contributed by atoms with van der Waals surface area (Å²) in [6.07, 6.45) is 5.54. The van der Waals surface area contributed by atoms with E-state index in [1.165, 1.54) is 21.4 Å². The maximum absolute atomic E-state index is 12.7. The highest BCUT2D eigenvalue weighted by Crippen LogP contribution is 2.46. The van der Waals surface area contributed by atoms with Crippen molar-refractivity contribution in [1.29, 1.82) is 0 Å². The predicted octanol–water partition coefficient (Wildman–Crippen LogP) is 4.10. The number of halogens is 1. The predicted molar refractivity (Wildman–Crippen MR) is 133 cm³/mol. The van der Waals surface area contributed by atoms with Crippen LogP contribution in [0.4, 0.5) is 5.69 Å². The summed E-state index contributed by atoms with van der Waals surface area (Å²) < 4.78 is 5.43. The summed E-state index contributed by atoms with van der Waals surface area (Å²) in [5.41, 5.74) is 1.22. The molecule has 7 heteroatoms. The molecule has 2 aromatic rings. The van der Waals surface area contributed by atoms with Crippen molar-refractivity contribution in [2.24, 2.45) is 5.41 Å². The summed E-state index contributed by atoms with van der Waals surface area (Å²) in [7, 11) is 1.70. The fraction of sp³-hybridized carbons (Fsp3) is 0.538. The lowest BCUT2D eigenvalue weighted by Gasteiger charge is -2.40. The first-order valence-electron chi connectivity index (χ1n) is 11.9. The Kier molecular flexibility index (Phi) is 7.15. The number of piperidine rings is 1. The number of piperazine rings is 1. The molecule has 0 aromatic heterocycles. The first kappa shape index (κ1) is 23.8. The molecule has 0 radical (unpaired) electrons. The number of methoxy groups -OCH3 is 1. The fourth-order valence-electron chi connectivity index (χ4n) is 5.85. The standard InChI is InChI=1S/C26H33N3O3.ClH/c1-32-21-8-7-20-5-4-6-23(22(20)17-21)28-14-11-27(12-15-28)13-16-29-24(30)18-26(19-25(29)31)9-2-3-10-26;/h4-8,17H,2-3,9-16,18-19H2,1H3;1H. The van der Waals surface area contributed by atoms with Gasteiger partial charge in [0.25, 0.3) is 0 Å². The highest BCUT2D eigenvalue weighted by Gasteiger charge is 2.44. The Morgan fingerprint density at radius 3 is 2.27 bits per heavy atom. The lowest BCUT2D eigenvalue weighted by Crippen LogP contribution is -2.52. The maximum Gasteiger partial charge on any atom is 0.229 e. The lowest BCUT2D eigenvalue weighted by molar-refractivity contribution is -0.153. The molecule has 1 spiro atoms. The van der Waals surface area contributed by atoms with Gasteiger partial charge in [0, 0.05) is 63.2 Å². The van der Waals surface area contributed by atoms with E-state index in [1.807, 2.05) is 6.07 Å². The first-order valence-corrected chi connectivity index (χ1v) is 11.9. The quantitative estimate of drug-likeness (QED) is 0.614. The normalized spacial score (nSPS) is 21.0. The summed E-state index contributed by atoms with van der Waals surface area (Å²) >= 11 is 0. The number of rotatable bonds is 5. The number of amides is 2. The van der Waals surface area contributed by atoms with E-state index < -0.39 is 0 Å². The van der Waals surface area contributed by atoms with Gasteiger partial charge in [-0.1, -0.05) is 31.0 Å². The summed E-state index contributed by atoms with van der Waals surface area (Å²) in [5.74, 6) is 0.969. The van der Waals surface area contributed by atoms with Crippen molar-refractivity contribution in [3.8, 4) is 5.75 Å². The molecule has 1 saturated carbocycles. The van der Waals surface area contributed by atoms with Crippen LogP contribution in [0, 0.1) is 5.41 Å². The topological polar surface area (TPSA) is 53.1 Å². The minimum absolute atomic E-state index is 0. The fourth-order valence-corrected chi connectivity index (χ4v) is 5.85. The Labute approximate surface area is 202 Å². The Morgan fingerprint density at radius 2 is 1.61 bits per heavy atom. The van der Waals surface area contributed by atoms with E-state index in [-0.39, 0.29) is 29.6 Å². The third-order valence-corrected chi connectivity index (χ3v) is 7.74. The molecule has 178 valence electrons. The second-order valence-corrected chi connectivity index (χ2v) is 9.69. The van der Waals surface area contributed by atoms with E-state index in [0.29, 0.717) is 19.4 Å². The van der Waals surface area contributed by atoms with Gasteiger partial charge in [0.1, 0.15) is 5.75 Å². The third kappa shape index (κ3) is 4.82. The number of imide groups is 1. The van der Waals surface area contributed by atoms with Crippen LogP contribution in [0.1, 0.15) is 38.5 Å². The smallest absolute Gasteiger partial charge is 0.229 e. The second kappa shape index (κ2) is 9.90. The van der Waals surface area contributed by atoms with Crippen LogP contribution in [0.3, 0.4) is 0 Å². The summed E-state index contributed by atoms with van der Waals surface area (Å²) in [6, 6.07) is 12.7. The Balaban J connectivity index is 0.00000259. The summed E-state index contributed by atoms with van der Waals surface area (Å²) in [4.78, 5) is 31.8. The number of likely N-dealkylation sites (tertiary alicyclic amines) is 1. The number of nitrogens with zero attached hydrogens (tertiary/aromatic N) is 3. The van der Waals surface area contributed by atoms with Gasteiger partial charge in [-0.3, -0.25) is 19.4 Å². The molecule has 3 fully saturated rings. The number of fused-ring (bicyclic) bond motifs is 1. The summed E-state index contributed by atoms with van der Waals surface area (Å²) in [5, 5.41) is 2.43. The van der Waals surface area contributed by atoms with E-state index in [2.05, 4.69) is 40.1 Å². The van der Waals surface area contributed by atoms with Crippen molar-refractivity contribution in [3.63, 3.8) is 0 Å². The molecule has 33 heavy (non-hydrogen) atoms. The largest absolute Gasteiger partial charge is 0.497 e. The summed E-state index contributed by atoms with van der Waals surface area (Å²) in [6.45, 7) is 5.02. The van der Waals surface area contributed by atoms with Crippen molar-refractivity contribution in [2.75, 3.05) is 51.3 Å². The van der Waals surface area contributed by atoms with Crippen LogP contribution in [0.25, 0.3) is 10.8 Å². The molecule has 2 aromatic carbocycles. The van der Waals surface area contributed by atoms with E-state index >= 15 is 0 Å². The molecule has 5 rings (SSSR count). The highest BCUT2D eigenvalue weighted by molar-refractivity contribution is 5.98. The van der Waals surface area contributed by atoms with Crippen molar-refractivity contribution in [1.82, 2.24) is 9.80 Å². The van der Waals surface area contributed by atoms with Crippen LogP contribution in [-0.4, -0.2) is 68.0 Å². The van der Waals surface area contributed by atoms with Gasteiger partial charge in [0.2, 0.25) is 11.8 Å². The SMILES string of the molecule is COc1ccc2cccc(N3CCN(CCN4C(=O)CC5(CCCC5)CC4=O)CC3)c2c1.Cl. The van der Waals surface area contributed by atoms with E-state index in [1.54, 1.807) is 7.11 Å². The molecule has 6 nitrogen and oxygen atoms in total. The van der Waals surface area contributed by atoms with E-state index in [4.69, 9.17) is 4.74 Å². The lowest BCUT2D eigenvalue weighted by atomic mass is 9.76. The Morgan fingerprint density at radius 1 is 0.909 bits per heavy atom. The average Bonchev–Trinajstić information content (AvgIpc) is 3.25. The number of carbonyl (C=O) groups is 2. The first-order chi connectivity index (χ1) is 15.6. The van der Waals surface area contributed by atoms with Crippen molar-refractivity contribution < 1.29 is 14.3 Å². The Bertz CT molecular complexity index is 993. The van der Waals surface area contributed by atoms with Crippen molar-refractivity contribution in [2.45, 2.75) is 38.5 Å². The van der Waals surface area contributed by atoms with Crippen molar-refractivity contribution >= 4 is 40.7 Å². The minimum atomic E-state index is -0.0164. The van der Waals surface area contributed by atoms with Gasteiger partial charge in [-0.2, -0.15) is 0 Å². The molecule has 2 aliphatic heterocycles.